The summed E-state index contributed by atoms with van der Waals surface area (Å²) < 4.78 is 7.14. The highest BCUT2D eigenvalue weighted by Gasteiger charge is 2.23. The molecule has 1 fully saturated rings. The second-order valence-electron chi connectivity index (χ2n) is 7.44. The minimum atomic E-state index is -0.434. The van der Waals surface area contributed by atoms with Crippen molar-refractivity contribution in [2.45, 2.75) is 13.3 Å². The topological polar surface area (TPSA) is 96.8 Å². The van der Waals surface area contributed by atoms with Crippen molar-refractivity contribution in [1.82, 2.24) is 24.5 Å². The maximum Gasteiger partial charge on any atom is 0.336 e. The largest absolute Gasteiger partial charge is 0.423 e. The van der Waals surface area contributed by atoms with Gasteiger partial charge in [0.2, 0.25) is 5.91 Å². The fourth-order valence-corrected chi connectivity index (χ4v) is 3.93. The van der Waals surface area contributed by atoms with Crippen molar-refractivity contribution in [3.63, 3.8) is 0 Å². The van der Waals surface area contributed by atoms with Crippen molar-refractivity contribution < 1.29 is 9.21 Å². The van der Waals surface area contributed by atoms with Gasteiger partial charge in [0.05, 0.1) is 6.42 Å². The van der Waals surface area contributed by atoms with Gasteiger partial charge in [-0.15, -0.1) is 10.2 Å². The number of benzene rings is 1. The van der Waals surface area contributed by atoms with Crippen LogP contribution in [0.15, 0.2) is 52.1 Å². The Morgan fingerprint density at radius 2 is 1.97 bits per heavy atom. The van der Waals surface area contributed by atoms with Gasteiger partial charge in [-0.05, 0) is 30.2 Å². The van der Waals surface area contributed by atoms with Gasteiger partial charge in [0.1, 0.15) is 17.7 Å². The van der Waals surface area contributed by atoms with E-state index in [1.54, 1.807) is 12.5 Å². The lowest BCUT2D eigenvalue weighted by molar-refractivity contribution is -0.130. The number of hydrogen-bond donors (Lipinski definition) is 0. The number of hydrogen-bond acceptors (Lipinski definition) is 7. The third-order valence-electron chi connectivity index (χ3n) is 5.47. The number of carbonyl (C=O) groups is 1. The molecule has 3 aromatic heterocycles. The molecule has 0 spiro atoms. The molecule has 9 nitrogen and oxygen atoms in total. The minimum absolute atomic E-state index is 0.00583. The molecule has 0 saturated carbocycles. The van der Waals surface area contributed by atoms with Gasteiger partial charge in [-0.1, -0.05) is 12.1 Å². The number of aromatic nitrogens is 4. The monoisotopic (exact) mass is 404 g/mol. The third kappa shape index (κ3) is 3.28. The van der Waals surface area contributed by atoms with Crippen molar-refractivity contribution in [3.8, 4) is 0 Å². The van der Waals surface area contributed by atoms with Crippen LogP contribution in [0.25, 0.3) is 16.7 Å². The fraction of sp³-hybridized carbons (Fsp3) is 0.286. The summed E-state index contributed by atoms with van der Waals surface area (Å²) in [4.78, 5) is 33.1. The van der Waals surface area contributed by atoms with E-state index in [1.165, 1.54) is 6.07 Å². The molecule has 0 aliphatic carbocycles. The molecule has 1 aliphatic heterocycles. The van der Waals surface area contributed by atoms with Crippen molar-refractivity contribution in [2.75, 3.05) is 31.1 Å². The number of aryl methyl sites for hydroxylation is 1. The lowest BCUT2D eigenvalue weighted by Crippen LogP contribution is -2.49. The van der Waals surface area contributed by atoms with Crippen LogP contribution in [-0.4, -0.2) is 56.6 Å². The average Bonchev–Trinajstić information content (AvgIpc) is 3.22. The summed E-state index contributed by atoms with van der Waals surface area (Å²) in [5.41, 5.74) is 1.79. The highest BCUT2D eigenvalue weighted by molar-refractivity contribution is 5.87. The van der Waals surface area contributed by atoms with E-state index in [9.17, 15) is 9.59 Å². The van der Waals surface area contributed by atoms with Crippen LogP contribution in [0.5, 0.6) is 0 Å². The zero-order chi connectivity index (χ0) is 20.7. The Hall–Kier alpha value is -3.75. The Bertz CT molecular complexity index is 1300. The van der Waals surface area contributed by atoms with E-state index in [1.807, 2.05) is 40.5 Å². The first kappa shape index (κ1) is 18.3. The highest BCUT2D eigenvalue weighted by Crippen LogP contribution is 2.21. The Kier molecular flexibility index (Phi) is 4.42. The number of rotatable bonds is 3. The van der Waals surface area contributed by atoms with Crippen LogP contribution >= 0.6 is 0 Å². The third-order valence-corrected chi connectivity index (χ3v) is 5.47. The molecular weight excluding hydrogens is 384 g/mol. The van der Waals surface area contributed by atoms with Crippen molar-refractivity contribution in [3.05, 3.63) is 64.4 Å². The SMILES string of the molecule is Cc1ccc2c(CC(=O)N3CCN(c4ccnc5nncn45)CC3)cc(=O)oc2c1. The predicted molar refractivity (Wildman–Crippen MR) is 111 cm³/mol. The number of anilines is 1. The maximum atomic E-state index is 12.9. The van der Waals surface area contributed by atoms with E-state index < -0.39 is 5.63 Å². The number of nitrogens with zero attached hydrogens (tertiary/aromatic N) is 6. The predicted octanol–water partition coefficient (Wildman–Crippen LogP) is 1.43. The molecule has 0 atom stereocenters. The van der Waals surface area contributed by atoms with Gasteiger partial charge in [-0.25, -0.2) is 9.78 Å². The zero-order valence-electron chi connectivity index (χ0n) is 16.5. The highest BCUT2D eigenvalue weighted by atomic mass is 16.4. The molecule has 1 amide bonds. The first-order valence-corrected chi connectivity index (χ1v) is 9.79. The molecule has 0 radical (unpaired) electrons. The first-order valence-electron chi connectivity index (χ1n) is 9.79. The number of amides is 1. The van der Waals surface area contributed by atoms with E-state index in [2.05, 4.69) is 20.1 Å². The van der Waals surface area contributed by atoms with E-state index >= 15 is 0 Å². The molecule has 0 N–H and O–H groups in total. The van der Waals surface area contributed by atoms with Crippen LogP contribution in [0.4, 0.5) is 5.82 Å². The molecule has 5 rings (SSSR count). The summed E-state index contributed by atoms with van der Waals surface area (Å²) in [5, 5.41) is 8.69. The second kappa shape index (κ2) is 7.25. The summed E-state index contributed by atoms with van der Waals surface area (Å²) >= 11 is 0. The molecule has 30 heavy (non-hydrogen) atoms. The molecule has 0 bridgehead atoms. The van der Waals surface area contributed by atoms with Crippen molar-refractivity contribution in [2.24, 2.45) is 0 Å². The zero-order valence-corrected chi connectivity index (χ0v) is 16.5. The van der Waals surface area contributed by atoms with E-state index in [0.717, 1.165) is 16.8 Å². The Labute approximate surface area is 171 Å². The van der Waals surface area contributed by atoms with Crippen LogP contribution in [0.2, 0.25) is 0 Å². The van der Waals surface area contributed by atoms with E-state index in [0.29, 0.717) is 43.1 Å². The summed E-state index contributed by atoms with van der Waals surface area (Å²) in [7, 11) is 0. The second-order valence-corrected chi connectivity index (χ2v) is 7.44. The fourth-order valence-electron chi connectivity index (χ4n) is 3.93. The van der Waals surface area contributed by atoms with E-state index in [-0.39, 0.29) is 12.3 Å². The summed E-state index contributed by atoms with van der Waals surface area (Å²) in [5.74, 6) is 1.52. The number of fused-ring (bicyclic) bond motifs is 2. The quantitative estimate of drug-likeness (QED) is 0.477. The first-order chi connectivity index (χ1) is 14.6. The van der Waals surface area contributed by atoms with Crippen molar-refractivity contribution >= 4 is 28.5 Å². The maximum absolute atomic E-state index is 12.9. The van der Waals surface area contributed by atoms with Crippen LogP contribution < -0.4 is 10.5 Å². The lowest BCUT2D eigenvalue weighted by Gasteiger charge is -2.36. The average molecular weight is 404 g/mol. The van der Waals surface area contributed by atoms with Gasteiger partial charge >= 0.3 is 5.63 Å². The van der Waals surface area contributed by atoms with Crippen LogP contribution in [-0.2, 0) is 11.2 Å². The molecule has 9 heteroatoms. The van der Waals surface area contributed by atoms with Gasteiger partial charge in [0, 0.05) is 43.8 Å². The van der Waals surface area contributed by atoms with Gasteiger partial charge < -0.3 is 14.2 Å². The normalized spacial score (nSPS) is 14.6. The lowest BCUT2D eigenvalue weighted by atomic mass is 10.0. The summed E-state index contributed by atoms with van der Waals surface area (Å²) in [6, 6.07) is 9.03. The Morgan fingerprint density at radius 3 is 2.80 bits per heavy atom. The Morgan fingerprint density at radius 1 is 1.13 bits per heavy atom. The standard InChI is InChI=1S/C21H20N6O3/c1-14-2-3-16-15(12-20(29)30-17(16)10-14)11-19(28)26-8-6-25(7-9-26)18-4-5-22-21-24-23-13-27(18)21/h2-5,10,12-13H,6-9,11H2,1H3. The summed E-state index contributed by atoms with van der Waals surface area (Å²) in [6.45, 7) is 4.53. The van der Waals surface area contributed by atoms with Crippen LogP contribution in [0, 0.1) is 6.92 Å². The van der Waals surface area contributed by atoms with Crippen LogP contribution in [0.1, 0.15) is 11.1 Å². The van der Waals surface area contributed by atoms with Crippen molar-refractivity contribution in [1.29, 1.82) is 0 Å². The number of piperazine rings is 1. The van der Waals surface area contributed by atoms with E-state index in [4.69, 9.17) is 4.42 Å². The molecule has 1 saturated heterocycles. The van der Waals surface area contributed by atoms with Gasteiger partial charge in [-0.2, -0.15) is 0 Å². The molecule has 0 unspecified atom stereocenters. The molecular formula is C21H20N6O3. The van der Waals surface area contributed by atoms with Gasteiger partial charge in [0.25, 0.3) is 5.78 Å². The number of carbonyl (C=O) groups excluding carboxylic acids is 1. The summed E-state index contributed by atoms with van der Waals surface area (Å²) in [6.07, 6.45) is 3.53. The van der Waals surface area contributed by atoms with Gasteiger partial charge in [0.15, 0.2) is 0 Å². The molecule has 1 aromatic carbocycles. The Balaban J connectivity index is 1.31. The minimum Gasteiger partial charge on any atom is -0.423 e. The molecule has 1 aliphatic rings. The van der Waals surface area contributed by atoms with Gasteiger partial charge in [-0.3, -0.25) is 9.20 Å². The molecule has 4 heterocycles. The van der Waals surface area contributed by atoms with Crippen LogP contribution in [0.3, 0.4) is 0 Å². The molecule has 152 valence electrons. The smallest absolute Gasteiger partial charge is 0.336 e. The molecule has 4 aromatic rings.